The van der Waals surface area contributed by atoms with Crippen molar-refractivity contribution >= 4 is 65.2 Å². The molecule has 3 heterocycles. The van der Waals surface area contributed by atoms with Crippen LogP contribution >= 0.6 is 35.1 Å². The van der Waals surface area contributed by atoms with E-state index in [1.54, 1.807) is 35.7 Å². The summed E-state index contributed by atoms with van der Waals surface area (Å²) in [7, 11) is 0. The number of nitrogens with one attached hydrogen (secondary N) is 4. The Morgan fingerprint density at radius 1 is 1.16 bits per heavy atom. The van der Waals surface area contributed by atoms with Crippen LogP contribution in [0, 0.1) is 10.8 Å². The van der Waals surface area contributed by atoms with Crippen LogP contribution in [0.2, 0.25) is 5.02 Å². The van der Waals surface area contributed by atoms with E-state index in [1.807, 2.05) is 36.4 Å². The number of hydrogen-bond donors (Lipinski definition) is 5. The number of benzene rings is 2. The zero-order chi connectivity index (χ0) is 36.2. The molecule has 2 aliphatic heterocycles. The van der Waals surface area contributed by atoms with Crippen molar-refractivity contribution in [1.29, 1.82) is 10.8 Å². The number of azide groups is 1. The first kappa shape index (κ1) is 37.5. The molecule has 1 amide bonds. The van der Waals surface area contributed by atoms with Gasteiger partial charge in [-0.1, -0.05) is 52.7 Å². The molecule has 0 spiro atoms. The van der Waals surface area contributed by atoms with Gasteiger partial charge in [-0.3, -0.25) is 9.59 Å². The lowest BCUT2D eigenvalue weighted by atomic mass is 9.96. The van der Waals surface area contributed by atoms with Crippen molar-refractivity contribution in [3.8, 4) is 16.9 Å². The van der Waals surface area contributed by atoms with Crippen molar-refractivity contribution in [2.24, 2.45) is 10.8 Å². The highest BCUT2D eigenvalue weighted by Crippen LogP contribution is 2.40. The zero-order valence-electron chi connectivity index (χ0n) is 27.5. The lowest BCUT2D eigenvalue weighted by Crippen LogP contribution is -2.44. The minimum Gasteiger partial charge on any atom is -0.490 e. The number of rotatable bonds is 17. The largest absolute Gasteiger partial charge is 0.490 e. The molecule has 0 aliphatic carbocycles. The summed E-state index contributed by atoms with van der Waals surface area (Å²) < 4.78 is 10.9. The van der Waals surface area contributed by atoms with Gasteiger partial charge in [0.1, 0.15) is 41.7 Å². The number of nitrogens with zero attached hydrogens (tertiary/aromatic N) is 5. The third-order valence-electron chi connectivity index (χ3n) is 7.96. The summed E-state index contributed by atoms with van der Waals surface area (Å²) in [6.07, 6.45) is 4.72. The second kappa shape index (κ2) is 18.5. The van der Waals surface area contributed by atoms with E-state index in [9.17, 15) is 9.59 Å². The number of ether oxygens (including phenoxy) is 2. The molecule has 3 aromatic rings. The van der Waals surface area contributed by atoms with Crippen LogP contribution in [0.25, 0.3) is 21.6 Å². The fourth-order valence-corrected chi connectivity index (χ4v) is 7.57. The number of carbonyl (C=O) groups excluding carboxylic acids is 2. The van der Waals surface area contributed by atoms with E-state index in [1.165, 1.54) is 12.4 Å². The van der Waals surface area contributed by atoms with Gasteiger partial charge in [-0.2, -0.15) is 0 Å². The highest BCUT2D eigenvalue weighted by atomic mass is 35.5. The van der Waals surface area contributed by atoms with Crippen LogP contribution in [-0.2, 0) is 14.3 Å². The van der Waals surface area contributed by atoms with Crippen molar-refractivity contribution in [3.63, 3.8) is 0 Å². The fourth-order valence-electron chi connectivity index (χ4n) is 5.43. The standard InChI is InChI=1S/C34H37ClN10O4S2/c35-23-7-3-22(4-8-23)33-42-24(19-50-33)20-51-34-27(16-37)30(26(15-36)31(43-34)45-11-1-2-12-45)21-5-9-25(10-6-21)48-13-14-49-29(46)18-40-32(47)28(38)17-41-44-39/h3-10,15-16,19,28,33,36-37,42H,1-2,11-14,17-18,20,38H2,(H,40,47)/t28-,33?/m0/s1. The van der Waals surface area contributed by atoms with Crippen molar-refractivity contribution in [2.75, 3.05) is 50.0 Å². The minimum absolute atomic E-state index is 0.0501. The van der Waals surface area contributed by atoms with E-state index >= 15 is 0 Å². The summed E-state index contributed by atoms with van der Waals surface area (Å²) in [5.41, 5.74) is 18.9. The van der Waals surface area contributed by atoms with Crippen LogP contribution in [0.5, 0.6) is 5.75 Å². The lowest BCUT2D eigenvalue weighted by molar-refractivity contribution is -0.144. The van der Waals surface area contributed by atoms with Gasteiger partial charge in [-0.25, -0.2) is 4.98 Å². The minimum atomic E-state index is -1.06. The van der Waals surface area contributed by atoms with Crippen LogP contribution in [-0.4, -0.2) is 80.5 Å². The molecule has 1 fully saturated rings. The number of anilines is 1. The number of amides is 1. The monoisotopic (exact) mass is 748 g/mol. The van der Waals surface area contributed by atoms with Gasteiger partial charge in [-0.15, -0.1) is 11.8 Å². The predicted molar refractivity (Wildman–Crippen MR) is 202 cm³/mol. The van der Waals surface area contributed by atoms with Crippen molar-refractivity contribution < 1.29 is 19.1 Å². The van der Waals surface area contributed by atoms with Crippen molar-refractivity contribution in [1.82, 2.24) is 15.6 Å². The second-order valence-electron chi connectivity index (χ2n) is 11.4. The molecule has 0 saturated carbocycles. The Hall–Kier alpha value is -4.73. The SMILES string of the molecule is [N-]=[N+]=NC[C@H](N)C(=O)NCC(=O)OCCOc1ccc(-c2c(C=N)c(SCC3=CSC(c4ccc(Cl)cc4)N3)nc(N3CCCC3)c2C=N)cc1. The molecule has 0 radical (unpaired) electrons. The summed E-state index contributed by atoms with van der Waals surface area (Å²) in [5, 5.41) is 29.6. The van der Waals surface area contributed by atoms with Gasteiger partial charge in [0.2, 0.25) is 5.91 Å². The number of aromatic nitrogens is 1. The van der Waals surface area contributed by atoms with Gasteiger partial charge in [0, 0.05) is 70.1 Å². The van der Waals surface area contributed by atoms with Gasteiger partial charge in [0.15, 0.2) is 0 Å². The van der Waals surface area contributed by atoms with E-state index in [-0.39, 0.29) is 31.7 Å². The molecular formula is C34H37ClN10O4S2. The summed E-state index contributed by atoms with van der Waals surface area (Å²) in [6.45, 7) is 1.11. The molecule has 0 bridgehead atoms. The van der Waals surface area contributed by atoms with Gasteiger partial charge >= 0.3 is 5.97 Å². The first-order chi connectivity index (χ1) is 24.8. The van der Waals surface area contributed by atoms with Crippen molar-refractivity contribution in [2.45, 2.75) is 29.3 Å². The number of thioether (sulfide) groups is 2. The smallest absolute Gasteiger partial charge is 0.325 e. The number of pyridine rings is 1. The summed E-state index contributed by atoms with van der Waals surface area (Å²) in [5.74, 6) is 0.601. The first-order valence-corrected chi connectivity index (χ1v) is 18.4. The topological polar surface area (TPSA) is 215 Å². The van der Waals surface area contributed by atoms with Crippen LogP contribution in [0.3, 0.4) is 0 Å². The quantitative estimate of drug-likeness (QED) is 0.0218. The maximum Gasteiger partial charge on any atom is 0.325 e. The molecule has 1 unspecified atom stereocenters. The molecule has 1 aromatic heterocycles. The molecule has 51 heavy (non-hydrogen) atoms. The van der Waals surface area contributed by atoms with E-state index < -0.39 is 17.9 Å². The molecular weight excluding hydrogens is 712 g/mol. The number of esters is 1. The van der Waals surface area contributed by atoms with Gasteiger partial charge in [0.05, 0.1) is 6.04 Å². The maximum atomic E-state index is 12.0. The van der Waals surface area contributed by atoms with Crippen LogP contribution < -0.4 is 26.0 Å². The average Bonchev–Trinajstić information content (AvgIpc) is 3.87. The number of carbonyl (C=O) groups is 2. The highest BCUT2D eigenvalue weighted by Gasteiger charge is 2.26. The molecule has 1 saturated heterocycles. The van der Waals surface area contributed by atoms with E-state index in [4.69, 9.17) is 48.1 Å². The summed E-state index contributed by atoms with van der Waals surface area (Å²) in [4.78, 5) is 33.6. The first-order valence-electron chi connectivity index (χ1n) is 16.1. The van der Waals surface area contributed by atoms with Crippen LogP contribution in [0.15, 0.2) is 69.8 Å². The average molecular weight is 749 g/mol. The second-order valence-corrected chi connectivity index (χ2v) is 13.8. The Balaban J connectivity index is 1.25. The normalized spacial score (nSPS) is 15.6. The Kier molecular flexibility index (Phi) is 13.6. The molecule has 2 atom stereocenters. The highest BCUT2D eigenvalue weighted by molar-refractivity contribution is 8.02. The number of nitrogens with two attached hydrogens (primary N) is 1. The fraction of sp³-hybridized carbons (Fsp3) is 0.324. The Morgan fingerprint density at radius 2 is 1.88 bits per heavy atom. The third-order valence-corrected chi connectivity index (χ3v) is 10.3. The molecule has 17 heteroatoms. The van der Waals surface area contributed by atoms with Crippen LogP contribution in [0.4, 0.5) is 5.82 Å². The van der Waals surface area contributed by atoms with E-state index in [2.05, 4.69) is 31.0 Å². The molecule has 6 N–H and O–H groups in total. The molecule has 2 aliphatic rings. The number of hydrogen-bond acceptors (Lipinski definition) is 13. The molecule has 2 aromatic carbocycles. The molecule has 266 valence electrons. The van der Waals surface area contributed by atoms with Gasteiger partial charge in [0.25, 0.3) is 0 Å². The maximum absolute atomic E-state index is 12.0. The summed E-state index contributed by atoms with van der Waals surface area (Å²) in [6, 6.07) is 14.1. The lowest BCUT2D eigenvalue weighted by Gasteiger charge is -2.24. The zero-order valence-corrected chi connectivity index (χ0v) is 29.9. The van der Waals surface area contributed by atoms with Gasteiger partial charge in [-0.05, 0) is 59.2 Å². The summed E-state index contributed by atoms with van der Waals surface area (Å²) >= 11 is 9.33. The Labute approximate surface area is 308 Å². The van der Waals surface area contributed by atoms with Gasteiger partial charge < -0.3 is 41.6 Å². The third kappa shape index (κ3) is 9.96. The van der Waals surface area contributed by atoms with E-state index in [0.29, 0.717) is 32.7 Å². The van der Waals surface area contributed by atoms with Crippen LogP contribution in [0.1, 0.15) is 34.9 Å². The van der Waals surface area contributed by atoms with Crippen molar-refractivity contribution in [3.05, 3.63) is 91.8 Å². The predicted octanol–water partition coefficient (Wildman–Crippen LogP) is 5.64. The van der Waals surface area contributed by atoms with E-state index in [0.717, 1.165) is 54.1 Å². The molecule has 14 nitrogen and oxygen atoms in total. The Bertz CT molecular complexity index is 1810. The molecule has 5 rings (SSSR count). The number of halogens is 1. The Morgan fingerprint density at radius 3 is 2.57 bits per heavy atom.